The smallest absolute Gasteiger partial charge is 0.355 e. The number of thiocarbonyl (C=S) groups is 1. The molecule has 2 atom stereocenters. The van der Waals surface area contributed by atoms with Gasteiger partial charge in [0.15, 0.2) is 5.11 Å². The highest BCUT2D eigenvalue weighted by Crippen LogP contribution is 2.43. The van der Waals surface area contributed by atoms with Crippen molar-refractivity contribution in [1.82, 2.24) is 10.2 Å². The maximum absolute atomic E-state index is 14.5. The Morgan fingerprint density at radius 1 is 1.34 bits per heavy atom. The van der Waals surface area contributed by atoms with Crippen molar-refractivity contribution < 1.29 is 27.2 Å². The molecule has 0 spiro atoms. The number of allylic oxidation sites excluding steroid dienone is 2. The van der Waals surface area contributed by atoms with Gasteiger partial charge in [0, 0.05) is 18.4 Å². The summed E-state index contributed by atoms with van der Waals surface area (Å²) in [6, 6.07) is 5.39. The van der Waals surface area contributed by atoms with Crippen LogP contribution in [0.2, 0.25) is 0 Å². The molecule has 2 aliphatic rings. The zero-order chi connectivity index (χ0) is 24.0. The third-order valence-electron chi connectivity index (χ3n) is 5.70. The predicted molar refractivity (Wildman–Crippen MR) is 112 cm³/mol. The Balaban J connectivity index is 2.03. The number of nitrogens with one attached hydrogen (secondary N) is 1. The number of benzene rings is 1. The van der Waals surface area contributed by atoms with E-state index < -0.39 is 41.2 Å². The lowest BCUT2D eigenvalue weighted by Crippen LogP contribution is -2.44. The minimum atomic E-state index is -4.65. The number of nitriles is 1. The molecule has 1 fully saturated rings. The van der Waals surface area contributed by atoms with Gasteiger partial charge in [0.2, 0.25) is 0 Å². The molecule has 6 nitrogen and oxygen atoms in total. The Morgan fingerprint density at radius 3 is 2.53 bits per heavy atom. The maximum Gasteiger partial charge on any atom is 0.396 e. The van der Waals surface area contributed by atoms with Crippen molar-refractivity contribution >= 4 is 34.8 Å². The van der Waals surface area contributed by atoms with Gasteiger partial charge in [0.1, 0.15) is 11.4 Å². The molecule has 1 N–H and O–H groups in total. The van der Waals surface area contributed by atoms with E-state index in [9.17, 15) is 27.2 Å². The van der Waals surface area contributed by atoms with E-state index in [2.05, 4.69) is 5.32 Å². The maximum atomic E-state index is 14.5. The van der Waals surface area contributed by atoms with E-state index >= 15 is 0 Å². The highest BCUT2D eigenvalue weighted by atomic mass is 32.1. The van der Waals surface area contributed by atoms with Crippen LogP contribution in [0.4, 0.5) is 23.2 Å². The molecular weight excluding hydrogens is 448 g/mol. The lowest BCUT2D eigenvalue weighted by molar-refractivity contribution is -0.171. The number of amides is 2. The number of carbonyl (C=O) groups is 2. The number of halogens is 4. The second kappa shape index (κ2) is 8.16. The molecule has 2 amide bonds. The SMILES string of the molecule is CNC(=O)c1ccc(N2C(=S)N(C3=CC(C(F)(F)F)C(C#N)CC3)C(=O)C2(C)C)cc1F. The number of hydrogen-bond acceptors (Lipinski definition) is 4. The lowest BCUT2D eigenvalue weighted by atomic mass is 9.82. The van der Waals surface area contributed by atoms with Crippen molar-refractivity contribution in [2.75, 3.05) is 11.9 Å². The zero-order valence-electron chi connectivity index (χ0n) is 17.5. The van der Waals surface area contributed by atoms with Gasteiger partial charge in [0.25, 0.3) is 11.8 Å². The second-order valence-electron chi connectivity index (χ2n) is 8.06. The molecule has 1 heterocycles. The molecule has 1 aliphatic carbocycles. The first-order chi connectivity index (χ1) is 14.8. The summed E-state index contributed by atoms with van der Waals surface area (Å²) in [6.45, 7) is 3.05. The molecule has 0 bridgehead atoms. The van der Waals surface area contributed by atoms with Gasteiger partial charge in [-0.2, -0.15) is 18.4 Å². The first-order valence-corrected chi connectivity index (χ1v) is 10.1. The summed E-state index contributed by atoms with van der Waals surface area (Å²) < 4.78 is 55.0. The van der Waals surface area contributed by atoms with Gasteiger partial charge in [-0.1, -0.05) is 6.08 Å². The lowest BCUT2D eigenvalue weighted by Gasteiger charge is -2.31. The van der Waals surface area contributed by atoms with Crippen LogP contribution in [0.25, 0.3) is 0 Å². The van der Waals surface area contributed by atoms with Gasteiger partial charge in [-0.25, -0.2) is 4.39 Å². The number of hydrogen-bond donors (Lipinski definition) is 1. The van der Waals surface area contributed by atoms with Crippen molar-refractivity contribution in [2.24, 2.45) is 11.8 Å². The number of rotatable bonds is 3. The van der Waals surface area contributed by atoms with Crippen molar-refractivity contribution in [1.29, 1.82) is 5.26 Å². The van der Waals surface area contributed by atoms with Crippen molar-refractivity contribution in [3.63, 3.8) is 0 Å². The van der Waals surface area contributed by atoms with Crippen LogP contribution in [0, 0.1) is 29.0 Å². The summed E-state index contributed by atoms with van der Waals surface area (Å²) in [4.78, 5) is 27.3. The third kappa shape index (κ3) is 3.83. The van der Waals surface area contributed by atoms with Gasteiger partial charge >= 0.3 is 6.18 Å². The summed E-state index contributed by atoms with van der Waals surface area (Å²) in [5, 5.41) is 11.3. The van der Waals surface area contributed by atoms with Crippen LogP contribution in [0.15, 0.2) is 30.0 Å². The van der Waals surface area contributed by atoms with Crippen LogP contribution < -0.4 is 10.2 Å². The van der Waals surface area contributed by atoms with E-state index in [4.69, 9.17) is 17.5 Å². The van der Waals surface area contributed by atoms with Crippen molar-refractivity contribution in [3.05, 3.63) is 41.4 Å². The fourth-order valence-corrected chi connectivity index (χ4v) is 4.52. The van der Waals surface area contributed by atoms with E-state index in [0.717, 1.165) is 17.0 Å². The number of nitrogens with zero attached hydrogens (tertiary/aromatic N) is 3. The fourth-order valence-electron chi connectivity index (χ4n) is 3.99. The molecule has 170 valence electrons. The molecular formula is C21H20F4N4O2S. The van der Waals surface area contributed by atoms with E-state index in [1.807, 2.05) is 0 Å². The molecule has 3 rings (SSSR count). The Bertz CT molecular complexity index is 1060. The molecule has 1 aromatic rings. The van der Waals surface area contributed by atoms with Crippen LogP contribution in [-0.2, 0) is 4.79 Å². The van der Waals surface area contributed by atoms with Gasteiger partial charge < -0.3 is 10.2 Å². The third-order valence-corrected chi connectivity index (χ3v) is 6.06. The van der Waals surface area contributed by atoms with Gasteiger partial charge in [-0.3, -0.25) is 14.5 Å². The summed E-state index contributed by atoms with van der Waals surface area (Å²) in [5.74, 6) is -5.31. The average molecular weight is 468 g/mol. The summed E-state index contributed by atoms with van der Waals surface area (Å²) in [5.41, 5.74) is -1.28. The molecule has 11 heteroatoms. The van der Waals surface area contributed by atoms with E-state index in [1.165, 1.54) is 37.9 Å². The highest BCUT2D eigenvalue weighted by Gasteiger charge is 2.53. The summed E-state index contributed by atoms with van der Waals surface area (Å²) >= 11 is 5.43. The Kier molecular flexibility index (Phi) is 6.04. The molecule has 2 unspecified atom stereocenters. The van der Waals surface area contributed by atoms with Crippen molar-refractivity contribution in [3.8, 4) is 6.07 Å². The second-order valence-corrected chi connectivity index (χ2v) is 8.43. The van der Waals surface area contributed by atoms with Crippen LogP contribution in [0.5, 0.6) is 0 Å². The number of alkyl halides is 3. The Morgan fingerprint density at radius 2 is 2.00 bits per heavy atom. The molecule has 0 saturated carbocycles. The highest BCUT2D eigenvalue weighted by molar-refractivity contribution is 7.80. The van der Waals surface area contributed by atoms with Crippen LogP contribution in [0.3, 0.4) is 0 Å². The molecule has 1 aliphatic heterocycles. The quantitative estimate of drug-likeness (QED) is 0.538. The van der Waals surface area contributed by atoms with E-state index in [0.29, 0.717) is 0 Å². The summed E-state index contributed by atoms with van der Waals surface area (Å²) in [7, 11) is 1.36. The van der Waals surface area contributed by atoms with E-state index in [1.54, 1.807) is 6.07 Å². The molecule has 1 aromatic carbocycles. The first kappa shape index (κ1) is 23.7. The molecule has 1 saturated heterocycles. The minimum Gasteiger partial charge on any atom is -0.355 e. The summed E-state index contributed by atoms with van der Waals surface area (Å²) in [6.07, 6.45) is -3.78. The monoisotopic (exact) mass is 468 g/mol. The van der Waals surface area contributed by atoms with Gasteiger partial charge in [0.05, 0.1) is 23.5 Å². The van der Waals surface area contributed by atoms with Crippen molar-refractivity contribution in [2.45, 2.75) is 38.4 Å². The predicted octanol–water partition coefficient (Wildman–Crippen LogP) is 3.89. The average Bonchev–Trinajstić information content (AvgIpc) is 2.90. The largest absolute Gasteiger partial charge is 0.396 e. The fraction of sp³-hybridized carbons (Fsp3) is 0.429. The number of carbonyl (C=O) groups excluding carboxylic acids is 2. The van der Waals surface area contributed by atoms with E-state index in [-0.39, 0.29) is 34.9 Å². The van der Waals surface area contributed by atoms with Crippen LogP contribution in [-0.4, -0.2) is 40.6 Å². The Labute approximate surface area is 187 Å². The zero-order valence-corrected chi connectivity index (χ0v) is 18.3. The standard InChI is InChI=1S/C21H20F4N4O2S/c1-20(2)18(31)28(12-5-4-11(10-26)15(8-12)21(23,24)25)19(32)29(20)13-6-7-14(16(22)9-13)17(30)27-3/h6-9,11,15H,4-5H2,1-3H3,(H,27,30). The molecule has 0 aromatic heterocycles. The number of anilines is 1. The molecule has 0 radical (unpaired) electrons. The first-order valence-electron chi connectivity index (χ1n) is 9.72. The van der Waals surface area contributed by atoms with Gasteiger partial charge in [-0.05, 0) is 57.1 Å². The Hall–Kier alpha value is -3.00. The van der Waals surface area contributed by atoms with Gasteiger partial charge in [-0.15, -0.1) is 0 Å². The topological polar surface area (TPSA) is 76.4 Å². The normalized spacial score (nSPS) is 23.1. The molecule has 32 heavy (non-hydrogen) atoms. The minimum absolute atomic E-state index is 0.0601. The van der Waals surface area contributed by atoms with Crippen LogP contribution >= 0.6 is 12.2 Å². The van der Waals surface area contributed by atoms with Crippen LogP contribution in [0.1, 0.15) is 37.0 Å².